The van der Waals surface area contributed by atoms with Crippen LogP contribution in [0.5, 0.6) is 5.75 Å². The van der Waals surface area contributed by atoms with Crippen LogP contribution in [0.4, 0.5) is 0 Å². The molecule has 0 heterocycles. The molecule has 0 aliphatic carbocycles. The summed E-state index contributed by atoms with van der Waals surface area (Å²) in [5.41, 5.74) is 1.47. The van der Waals surface area contributed by atoms with Gasteiger partial charge in [0.15, 0.2) is 6.61 Å². The quantitative estimate of drug-likeness (QED) is 0.358. The third kappa shape index (κ3) is 8.69. The lowest BCUT2D eigenvalue weighted by atomic mass is 9.87. The molecule has 0 radical (unpaired) electrons. The predicted octanol–water partition coefficient (Wildman–Crippen LogP) is 7.15. The maximum atomic E-state index is 13.4. The molecule has 2 rings (SSSR count). The van der Waals surface area contributed by atoms with Crippen LogP contribution in [0.3, 0.4) is 0 Å². The standard InChI is InChI=1S/C27H35BrCl2N2O3/c1-8-22(25(34)31-27(5,6)7)32(15-17-9-11-20(29)21(30)13-17)24(33)16-35-23-12-10-18(14-19(23)28)26(2,3)4/h9-14,22H,8,15-16H2,1-7H3,(H,31,34)/t22-/m1/s1. The van der Waals surface area contributed by atoms with Crippen LogP contribution in [0, 0.1) is 0 Å². The summed E-state index contributed by atoms with van der Waals surface area (Å²) in [7, 11) is 0. The monoisotopic (exact) mass is 584 g/mol. The van der Waals surface area contributed by atoms with Gasteiger partial charge in [0, 0.05) is 12.1 Å². The van der Waals surface area contributed by atoms with Crippen molar-refractivity contribution < 1.29 is 14.3 Å². The van der Waals surface area contributed by atoms with Gasteiger partial charge in [0.1, 0.15) is 11.8 Å². The van der Waals surface area contributed by atoms with Crippen LogP contribution in [0.15, 0.2) is 40.9 Å². The van der Waals surface area contributed by atoms with Gasteiger partial charge in [-0.2, -0.15) is 0 Å². The molecular formula is C27H35BrCl2N2O3. The highest BCUT2D eigenvalue weighted by Gasteiger charge is 2.31. The molecule has 0 saturated carbocycles. The third-order valence-corrected chi connectivity index (χ3v) is 6.73. The molecule has 0 spiro atoms. The van der Waals surface area contributed by atoms with Crippen molar-refractivity contribution in [2.75, 3.05) is 6.61 Å². The summed E-state index contributed by atoms with van der Waals surface area (Å²) in [4.78, 5) is 28.1. The van der Waals surface area contributed by atoms with Gasteiger partial charge in [-0.05, 0) is 83.9 Å². The van der Waals surface area contributed by atoms with Gasteiger partial charge in [-0.15, -0.1) is 0 Å². The second-order valence-electron chi connectivity index (χ2n) is 10.6. The lowest BCUT2D eigenvalue weighted by Crippen LogP contribution is -2.54. The van der Waals surface area contributed by atoms with E-state index in [2.05, 4.69) is 42.0 Å². The number of hydrogen-bond donors (Lipinski definition) is 1. The zero-order valence-electron chi connectivity index (χ0n) is 21.5. The molecule has 2 amide bonds. The summed E-state index contributed by atoms with van der Waals surface area (Å²) in [5, 5.41) is 3.81. The lowest BCUT2D eigenvalue weighted by molar-refractivity contribution is -0.143. The molecule has 5 nitrogen and oxygen atoms in total. The Kier molecular flexibility index (Phi) is 10.1. The van der Waals surface area contributed by atoms with E-state index in [1.165, 1.54) is 4.90 Å². The van der Waals surface area contributed by atoms with E-state index in [1.807, 2.05) is 45.9 Å². The van der Waals surface area contributed by atoms with Gasteiger partial charge in [-0.3, -0.25) is 9.59 Å². The molecule has 1 atom stereocenters. The van der Waals surface area contributed by atoms with Gasteiger partial charge in [-0.1, -0.05) is 63.0 Å². The number of rotatable bonds is 8. The molecule has 0 bridgehead atoms. The number of amides is 2. The summed E-state index contributed by atoms with van der Waals surface area (Å²) >= 11 is 15.8. The fourth-order valence-electron chi connectivity index (χ4n) is 3.51. The van der Waals surface area contributed by atoms with Crippen molar-refractivity contribution in [2.45, 2.75) is 78.4 Å². The average Bonchev–Trinajstić information content (AvgIpc) is 2.73. The van der Waals surface area contributed by atoms with Crippen molar-refractivity contribution in [1.29, 1.82) is 0 Å². The van der Waals surface area contributed by atoms with Gasteiger partial charge in [0.05, 0.1) is 14.5 Å². The maximum absolute atomic E-state index is 13.4. The van der Waals surface area contributed by atoms with E-state index in [-0.39, 0.29) is 30.4 Å². The minimum absolute atomic E-state index is 0.0116. The Hall–Kier alpha value is -1.76. The number of nitrogens with zero attached hydrogens (tertiary/aromatic N) is 1. The molecule has 2 aromatic rings. The Balaban J connectivity index is 2.29. The molecule has 2 aromatic carbocycles. The van der Waals surface area contributed by atoms with E-state index in [0.29, 0.717) is 22.2 Å². The van der Waals surface area contributed by atoms with E-state index in [1.54, 1.807) is 18.2 Å². The van der Waals surface area contributed by atoms with Crippen LogP contribution in [0.1, 0.15) is 66.0 Å². The Morgan fingerprint density at radius 1 is 1.03 bits per heavy atom. The smallest absolute Gasteiger partial charge is 0.261 e. The second-order valence-corrected chi connectivity index (χ2v) is 12.3. The number of hydrogen-bond acceptors (Lipinski definition) is 3. The topological polar surface area (TPSA) is 58.6 Å². The molecule has 192 valence electrons. The van der Waals surface area contributed by atoms with Crippen LogP contribution in [-0.4, -0.2) is 34.9 Å². The van der Waals surface area contributed by atoms with E-state index in [0.717, 1.165) is 15.6 Å². The van der Waals surface area contributed by atoms with E-state index in [4.69, 9.17) is 27.9 Å². The minimum atomic E-state index is -0.675. The summed E-state index contributed by atoms with van der Waals surface area (Å²) in [6.45, 7) is 14.0. The van der Waals surface area contributed by atoms with Crippen molar-refractivity contribution in [3.05, 3.63) is 62.0 Å². The number of nitrogens with one attached hydrogen (secondary N) is 1. The van der Waals surface area contributed by atoms with Crippen LogP contribution in [0.25, 0.3) is 0 Å². The number of ether oxygens (including phenoxy) is 1. The fraction of sp³-hybridized carbons (Fsp3) is 0.481. The molecule has 0 saturated heterocycles. The summed E-state index contributed by atoms with van der Waals surface area (Å²) in [6.07, 6.45) is 0.443. The molecule has 0 aromatic heterocycles. The number of carbonyl (C=O) groups is 2. The van der Waals surface area contributed by atoms with Crippen LogP contribution >= 0.6 is 39.1 Å². The molecular weight excluding hydrogens is 551 g/mol. The summed E-state index contributed by atoms with van der Waals surface area (Å²) in [5.74, 6) is 0.0379. The van der Waals surface area contributed by atoms with Crippen molar-refractivity contribution in [2.24, 2.45) is 0 Å². The van der Waals surface area contributed by atoms with Crippen molar-refractivity contribution in [3.63, 3.8) is 0 Å². The molecule has 0 fully saturated rings. The molecule has 0 unspecified atom stereocenters. The Bertz CT molecular complexity index is 1060. The Morgan fingerprint density at radius 3 is 2.20 bits per heavy atom. The summed E-state index contributed by atoms with van der Waals surface area (Å²) < 4.78 is 6.66. The van der Waals surface area contributed by atoms with E-state index >= 15 is 0 Å². The summed E-state index contributed by atoms with van der Waals surface area (Å²) in [6, 6.07) is 10.4. The molecule has 0 aliphatic rings. The van der Waals surface area contributed by atoms with Crippen LogP contribution < -0.4 is 10.1 Å². The van der Waals surface area contributed by atoms with Gasteiger partial charge >= 0.3 is 0 Å². The van der Waals surface area contributed by atoms with Gasteiger partial charge in [-0.25, -0.2) is 0 Å². The van der Waals surface area contributed by atoms with Gasteiger partial charge < -0.3 is 15.0 Å². The third-order valence-electron chi connectivity index (χ3n) is 5.37. The highest BCUT2D eigenvalue weighted by atomic mass is 79.9. The largest absolute Gasteiger partial charge is 0.483 e. The average molecular weight is 586 g/mol. The molecule has 1 N–H and O–H groups in total. The second kappa shape index (κ2) is 12.0. The highest BCUT2D eigenvalue weighted by molar-refractivity contribution is 9.10. The fourth-order valence-corrected chi connectivity index (χ4v) is 4.33. The normalized spacial score (nSPS) is 12.7. The van der Waals surface area contributed by atoms with Crippen LogP contribution in [0.2, 0.25) is 10.0 Å². The number of benzene rings is 2. The number of carbonyl (C=O) groups excluding carboxylic acids is 2. The zero-order chi connectivity index (χ0) is 26.6. The first-order valence-corrected chi connectivity index (χ1v) is 13.2. The SMILES string of the molecule is CC[C@H](C(=O)NC(C)(C)C)N(Cc1ccc(Cl)c(Cl)c1)C(=O)COc1ccc(C(C)(C)C)cc1Br. The minimum Gasteiger partial charge on any atom is -0.483 e. The first kappa shape index (κ1) is 29.5. The van der Waals surface area contributed by atoms with Gasteiger partial charge in [0.25, 0.3) is 5.91 Å². The van der Waals surface area contributed by atoms with E-state index in [9.17, 15) is 9.59 Å². The van der Waals surface area contributed by atoms with Crippen molar-refractivity contribution in [1.82, 2.24) is 10.2 Å². The number of halogens is 3. The Morgan fingerprint density at radius 2 is 1.69 bits per heavy atom. The predicted molar refractivity (Wildman–Crippen MR) is 147 cm³/mol. The lowest BCUT2D eigenvalue weighted by Gasteiger charge is -2.33. The maximum Gasteiger partial charge on any atom is 0.261 e. The molecule has 0 aliphatic heterocycles. The van der Waals surface area contributed by atoms with Crippen molar-refractivity contribution >= 4 is 50.9 Å². The Labute approximate surface area is 227 Å². The van der Waals surface area contributed by atoms with Crippen molar-refractivity contribution in [3.8, 4) is 5.75 Å². The highest BCUT2D eigenvalue weighted by Crippen LogP contribution is 2.31. The first-order chi connectivity index (χ1) is 16.1. The molecule has 35 heavy (non-hydrogen) atoms. The zero-order valence-corrected chi connectivity index (χ0v) is 24.6. The van der Waals surface area contributed by atoms with Gasteiger partial charge in [0.2, 0.25) is 5.91 Å². The molecule has 8 heteroatoms. The van der Waals surface area contributed by atoms with E-state index < -0.39 is 11.6 Å². The van der Waals surface area contributed by atoms with Crippen LogP contribution in [-0.2, 0) is 21.5 Å². The first-order valence-electron chi connectivity index (χ1n) is 11.6.